The molecular formula is C18H15ClN2O3. The Morgan fingerprint density at radius 2 is 2.00 bits per heavy atom. The molecule has 2 heterocycles. The quantitative estimate of drug-likeness (QED) is 0.781. The molecule has 0 unspecified atom stereocenters. The van der Waals surface area contributed by atoms with Crippen LogP contribution >= 0.6 is 11.6 Å². The number of aromatic nitrogens is 1. The van der Waals surface area contributed by atoms with Gasteiger partial charge in [0.15, 0.2) is 11.3 Å². The minimum Gasteiger partial charge on any atom is -0.456 e. The molecule has 3 aliphatic rings. The average molecular weight is 343 g/mol. The number of amides is 1. The van der Waals surface area contributed by atoms with Crippen molar-refractivity contribution in [1.29, 1.82) is 0 Å². The maximum Gasteiger partial charge on any atom is 0.287 e. The first-order chi connectivity index (χ1) is 11.5. The zero-order valence-electron chi connectivity index (χ0n) is 13.1. The fourth-order valence-electron chi connectivity index (χ4n) is 4.13. The molecule has 2 aromatic heterocycles. The number of hydrogen-bond acceptors (Lipinski definition) is 4. The minimum absolute atomic E-state index is 0.0438. The van der Waals surface area contributed by atoms with Gasteiger partial charge in [0.05, 0.1) is 5.41 Å². The normalized spacial score (nSPS) is 27.6. The zero-order valence-corrected chi connectivity index (χ0v) is 13.8. The van der Waals surface area contributed by atoms with E-state index in [4.69, 9.17) is 20.4 Å². The van der Waals surface area contributed by atoms with Gasteiger partial charge in [-0.25, -0.2) is 4.98 Å². The van der Waals surface area contributed by atoms with Crippen molar-refractivity contribution in [3.63, 3.8) is 0 Å². The molecule has 2 bridgehead atoms. The van der Waals surface area contributed by atoms with E-state index in [1.807, 2.05) is 19.1 Å². The second kappa shape index (κ2) is 4.42. The third kappa shape index (κ3) is 1.88. The molecule has 5 nitrogen and oxygen atoms in total. The van der Waals surface area contributed by atoms with E-state index in [9.17, 15) is 4.79 Å². The molecule has 24 heavy (non-hydrogen) atoms. The molecular weight excluding hydrogens is 328 g/mol. The van der Waals surface area contributed by atoms with Gasteiger partial charge in [-0.3, -0.25) is 4.79 Å². The van der Waals surface area contributed by atoms with Gasteiger partial charge >= 0.3 is 0 Å². The van der Waals surface area contributed by atoms with Gasteiger partial charge in [-0.05, 0) is 56.5 Å². The Labute approximate surface area is 143 Å². The van der Waals surface area contributed by atoms with Crippen LogP contribution in [0.3, 0.4) is 0 Å². The highest BCUT2D eigenvalue weighted by atomic mass is 35.5. The molecule has 122 valence electrons. The third-order valence-corrected chi connectivity index (χ3v) is 5.41. The topological polar surface area (TPSA) is 68.3 Å². The number of carbonyl (C=O) groups is 1. The Morgan fingerprint density at radius 1 is 1.21 bits per heavy atom. The highest BCUT2D eigenvalue weighted by Gasteiger charge is 2.71. The number of fused-ring (bicyclic) bond motifs is 1. The number of oxazole rings is 1. The summed E-state index contributed by atoms with van der Waals surface area (Å²) >= 11 is 6.00. The first kappa shape index (κ1) is 14.1. The number of rotatable bonds is 3. The second-order valence-electron chi connectivity index (χ2n) is 7.09. The molecule has 3 aromatic rings. The van der Waals surface area contributed by atoms with Crippen molar-refractivity contribution in [2.75, 3.05) is 0 Å². The SMILES string of the molecule is Cc1ccc(C(=O)NC23CC(c4nc5cc(Cl)ccc5o4)(C2)C3)o1. The molecule has 0 aliphatic heterocycles. The number of carbonyl (C=O) groups excluding carboxylic acids is 1. The van der Waals surface area contributed by atoms with Crippen molar-refractivity contribution in [2.45, 2.75) is 37.1 Å². The van der Waals surface area contributed by atoms with Gasteiger partial charge < -0.3 is 14.2 Å². The van der Waals surface area contributed by atoms with E-state index in [0.29, 0.717) is 10.8 Å². The molecule has 1 N–H and O–H groups in total. The lowest BCUT2D eigenvalue weighted by Gasteiger charge is -2.68. The Kier molecular flexibility index (Phi) is 2.60. The summed E-state index contributed by atoms with van der Waals surface area (Å²) < 4.78 is 11.3. The lowest BCUT2D eigenvalue weighted by Crippen LogP contribution is -2.76. The van der Waals surface area contributed by atoms with Crippen molar-refractivity contribution in [2.24, 2.45) is 0 Å². The van der Waals surface area contributed by atoms with Crippen molar-refractivity contribution in [3.05, 3.63) is 52.8 Å². The van der Waals surface area contributed by atoms with Gasteiger partial charge in [0.1, 0.15) is 11.3 Å². The summed E-state index contributed by atoms with van der Waals surface area (Å²) in [5, 5.41) is 3.75. The van der Waals surface area contributed by atoms with Crippen LogP contribution in [0.5, 0.6) is 0 Å². The fourth-order valence-corrected chi connectivity index (χ4v) is 4.30. The van der Waals surface area contributed by atoms with Gasteiger partial charge in [-0.1, -0.05) is 11.6 Å². The lowest BCUT2D eigenvalue weighted by molar-refractivity contribution is -0.0958. The van der Waals surface area contributed by atoms with E-state index in [1.54, 1.807) is 18.2 Å². The van der Waals surface area contributed by atoms with Crippen LogP contribution in [-0.2, 0) is 5.41 Å². The number of hydrogen-bond donors (Lipinski definition) is 1. The second-order valence-corrected chi connectivity index (χ2v) is 7.52. The molecule has 3 saturated carbocycles. The summed E-state index contributed by atoms with van der Waals surface area (Å²) in [6.07, 6.45) is 2.56. The Balaban J connectivity index is 1.33. The fraction of sp³-hybridized carbons (Fsp3) is 0.333. The Bertz CT molecular complexity index is 967. The van der Waals surface area contributed by atoms with Gasteiger partial charge in [0.25, 0.3) is 5.91 Å². The van der Waals surface area contributed by atoms with E-state index < -0.39 is 0 Å². The Morgan fingerprint density at radius 3 is 2.71 bits per heavy atom. The van der Waals surface area contributed by atoms with Crippen LogP contribution in [0.4, 0.5) is 0 Å². The molecule has 6 heteroatoms. The summed E-state index contributed by atoms with van der Waals surface area (Å²) in [6.45, 7) is 1.83. The number of nitrogens with one attached hydrogen (secondary N) is 1. The maximum atomic E-state index is 12.3. The number of halogens is 1. The maximum absolute atomic E-state index is 12.3. The van der Waals surface area contributed by atoms with Crippen LogP contribution in [0.25, 0.3) is 11.1 Å². The van der Waals surface area contributed by atoms with E-state index >= 15 is 0 Å². The largest absolute Gasteiger partial charge is 0.456 e. The molecule has 1 aromatic carbocycles. The van der Waals surface area contributed by atoms with E-state index in [2.05, 4.69) is 10.3 Å². The average Bonchev–Trinajstić information content (AvgIpc) is 3.06. The van der Waals surface area contributed by atoms with Crippen LogP contribution in [0.2, 0.25) is 5.02 Å². The van der Waals surface area contributed by atoms with Crippen molar-refractivity contribution < 1.29 is 13.6 Å². The summed E-state index contributed by atoms with van der Waals surface area (Å²) in [5.74, 6) is 1.70. The number of benzene rings is 1. The van der Waals surface area contributed by atoms with Crippen LogP contribution in [0, 0.1) is 6.92 Å². The number of aryl methyl sites for hydroxylation is 1. The van der Waals surface area contributed by atoms with E-state index in [-0.39, 0.29) is 16.9 Å². The predicted octanol–water partition coefficient (Wildman–Crippen LogP) is 3.99. The predicted molar refractivity (Wildman–Crippen MR) is 88.2 cm³/mol. The molecule has 0 atom stereocenters. The monoisotopic (exact) mass is 342 g/mol. The summed E-state index contributed by atoms with van der Waals surface area (Å²) in [5.41, 5.74) is 1.35. The standard InChI is InChI=1S/C18H15ClN2O3/c1-10-2-4-14(23-10)15(22)21-18-7-17(8-18,9-18)16-20-12-6-11(19)3-5-13(12)24-16/h2-6H,7-9H2,1H3,(H,21,22). The molecule has 3 fully saturated rings. The van der Waals surface area contributed by atoms with Gasteiger partial charge in [0, 0.05) is 10.6 Å². The van der Waals surface area contributed by atoms with Crippen LogP contribution < -0.4 is 5.32 Å². The first-order valence-electron chi connectivity index (χ1n) is 7.93. The smallest absolute Gasteiger partial charge is 0.287 e. The molecule has 6 rings (SSSR count). The summed E-state index contributed by atoms with van der Waals surface area (Å²) in [6, 6.07) is 8.95. The van der Waals surface area contributed by atoms with E-state index in [1.165, 1.54) is 0 Å². The number of nitrogens with zero attached hydrogens (tertiary/aromatic N) is 1. The van der Waals surface area contributed by atoms with Gasteiger partial charge in [0.2, 0.25) is 5.89 Å². The summed E-state index contributed by atoms with van der Waals surface area (Å²) in [4.78, 5) is 16.8. The molecule has 1 amide bonds. The van der Waals surface area contributed by atoms with Gasteiger partial charge in [-0.15, -0.1) is 0 Å². The van der Waals surface area contributed by atoms with Crippen molar-refractivity contribution in [3.8, 4) is 0 Å². The van der Waals surface area contributed by atoms with Crippen molar-refractivity contribution in [1.82, 2.24) is 10.3 Å². The van der Waals surface area contributed by atoms with Crippen LogP contribution in [0.1, 0.15) is 41.5 Å². The third-order valence-electron chi connectivity index (χ3n) is 5.18. The summed E-state index contributed by atoms with van der Waals surface area (Å²) in [7, 11) is 0. The molecule has 3 aliphatic carbocycles. The highest BCUT2D eigenvalue weighted by molar-refractivity contribution is 6.31. The minimum atomic E-state index is -0.152. The highest BCUT2D eigenvalue weighted by Crippen LogP contribution is 2.67. The van der Waals surface area contributed by atoms with E-state index in [0.717, 1.165) is 42.0 Å². The number of furan rings is 1. The van der Waals surface area contributed by atoms with Crippen LogP contribution in [-0.4, -0.2) is 16.4 Å². The lowest BCUT2D eigenvalue weighted by atomic mass is 9.39. The Hall–Kier alpha value is -2.27. The van der Waals surface area contributed by atoms with Crippen LogP contribution in [0.15, 0.2) is 39.2 Å². The van der Waals surface area contributed by atoms with Gasteiger partial charge in [-0.2, -0.15) is 0 Å². The van der Waals surface area contributed by atoms with Crippen molar-refractivity contribution >= 4 is 28.6 Å². The zero-order chi connectivity index (χ0) is 16.5. The molecule has 0 radical (unpaired) electrons. The first-order valence-corrected chi connectivity index (χ1v) is 8.30. The molecule has 0 spiro atoms. The molecule has 0 saturated heterocycles.